The van der Waals surface area contributed by atoms with Gasteiger partial charge in [-0.15, -0.1) is 0 Å². The minimum absolute atomic E-state index is 0.356. The van der Waals surface area contributed by atoms with E-state index in [1.165, 1.54) is 5.57 Å². The van der Waals surface area contributed by atoms with Crippen LogP contribution in [0.25, 0.3) is 27.6 Å². The fraction of sp³-hybridized carbons (Fsp3) is 0.161. The van der Waals surface area contributed by atoms with Crippen molar-refractivity contribution in [1.82, 2.24) is 14.9 Å². The topological polar surface area (TPSA) is 81.8 Å². The van der Waals surface area contributed by atoms with Crippen molar-refractivity contribution in [2.24, 2.45) is 0 Å². The van der Waals surface area contributed by atoms with E-state index in [-0.39, 0.29) is 0 Å². The highest BCUT2D eigenvalue weighted by molar-refractivity contribution is 6.15. The average Bonchev–Trinajstić information content (AvgIpc) is 3.28. The van der Waals surface area contributed by atoms with E-state index in [1.54, 1.807) is 12.4 Å². The summed E-state index contributed by atoms with van der Waals surface area (Å²) in [5.74, 6) is 0. The molecule has 182 valence electrons. The van der Waals surface area contributed by atoms with Gasteiger partial charge in [-0.1, -0.05) is 48.1 Å². The van der Waals surface area contributed by atoms with E-state index in [1.807, 2.05) is 55.5 Å². The average molecular weight is 476 g/mol. The molecule has 2 aromatic heterocycles. The first-order valence-electron chi connectivity index (χ1n) is 11.9. The molecule has 36 heavy (non-hydrogen) atoms. The number of H-pyrrole nitrogens is 1. The molecule has 0 atom stereocenters. The van der Waals surface area contributed by atoms with E-state index in [2.05, 4.69) is 60.7 Å². The third-order valence-electron chi connectivity index (χ3n) is 5.95. The van der Waals surface area contributed by atoms with Crippen LogP contribution >= 0.6 is 0 Å². The van der Waals surface area contributed by atoms with Crippen molar-refractivity contribution in [3.05, 3.63) is 114 Å². The van der Waals surface area contributed by atoms with Gasteiger partial charge in [0.25, 0.3) is 0 Å². The number of nitrogens with two attached hydrogens (primary N) is 1. The SMILES string of the molecule is C=C(C)/C=C(\C=C(/C)CN(C)C)c1ccc(N)c(C(=N)c2cc3c(-c4ccncc4)cccc3[nH]2)c1. The second-order valence-electron chi connectivity index (χ2n) is 9.54. The van der Waals surface area contributed by atoms with Crippen molar-refractivity contribution < 1.29 is 0 Å². The Morgan fingerprint density at radius 2 is 1.81 bits per heavy atom. The van der Waals surface area contributed by atoms with Crippen LogP contribution in [-0.2, 0) is 0 Å². The van der Waals surface area contributed by atoms with E-state index in [0.29, 0.717) is 17.0 Å². The molecule has 0 fully saturated rings. The zero-order chi connectivity index (χ0) is 25.8. The maximum Gasteiger partial charge on any atom is 0.0868 e. The summed E-state index contributed by atoms with van der Waals surface area (Å²) in [7, 11) is 4.12. The lowest BCUT2D eigenvalue weighted by molar-refractivity contribution is 0.445. The first kappa shape index (κ1) is 24.9. The van der Waals surface area contributed by atoms with Crippen LogP contribution in [0.15, 0.2) is 96.9 Å². The van der Waals surface area contributed by atoms with Gasteiger partial charge in [0.15, 0.2) is 0 Å². The van der Waals surface area contributed by atoms with Crippen molar-refractivity contribution in [2.75, 3.05) is 26.4 Å². The van der Waals surface area contributed by atoms with E-state index in [0.717, 1.165) is 51.0 Å². The lowest BCUT2D eigenvalue weighted by Crippen LogP contribution is -2.13. The number of anilines is 1. The fourth-order valence-electron chi connectivity index (χ4n) is 4.45. The summed E-state index contributed by atoms with van der Waals surface area (Å²) < 4.78 is 0. The Hall–Kier alpha value is -4.22. The van der Waals surface area contributed by atoms with Gasteiger partial charge in [0.1, 0.15) is 0 Å². The van der Waals surface area contributed by atoms with Gasteiger partial charge in [0, 0.05) is 41.1 Å². The number of hydrogen-bond donors (Lipinski definition) is 3. The third-order valence-corrected chi connectivity index (χ3v) is 5.95. The Morgan fingerprint density at radius 3 is 2.50 bits per heavy atom. The number of aromatic nitrogens is 2. The summed E-state index contributed by atoms with van der Waals surface area (Å²) in [5.41, 5.74) is 16.1. The summed E-state index contributed by atoms with van der Waals surface area (Å²) in [6.45, 7) is 9.05. The van der Waals surface area contributed by atoms with Gasteiger partial charge in [-0.25, -0.2) is 0 Å². The van der Waals surface area contributed by atoms with Crippen LogP contribution in [0.2, 0.25) is 0 Å². The number of hydrogen-bond acceptors (Lipinski definition) is 4. The number of pyridine rings is 1. The van der Waals surface area contributed by atoms with Crippen LogP contribution in [0, 0.1) is 5.41 Å². The number of benzene rings is 2. The molecule has 4 rings (SSSR count). The monoisotopic (exact) mass is 475 g/mol. The Kier molecular flexibility index (Phi) is 7.32. The Balaban J connectivity index is 1.76. The number of fused-ring (bicyclic) bond motifs is 1. The molecule has 0 aliphatic heterocycles. The highest BCUT2D eigenvalue weighted by atomic mass is 15.0. The summed E-state index contributed by atoms with van der Waals surface area (Å²) in [6.07, 6.45) is 7.83. The van der Waals surface area contributed by atoms with Gasteiger partial charge in [-0.3, -0.25) is 10.4 Å². The maximum absolute atomic E-state index is 9.05. The van der Waals surface area contributed by atoms with Gasteiger partial charge in [0.05, 0.1) is 11.4 Å². The molecule has 4 aromatic rings. The second-order valence-corrected chi connectivity index (χ2v) is 9.54. The number of nitrogen functional groups attached to an aromatic ring is 1. The van der Waals surface area contributed by atoms with E-state index >= 15 is 0 Å². The largest absolute Gasteiger partial charge is 0.398 e. The molecule has 4 N–H and O–H groups in total. The molecule has 0 aliphatic rings. The number of nitrogens with one attached hydrogen (secondary N) is 2. The number of aromatic amines is 1. The first-order valence-corrected chi connectivity index (χ1v) is 11.9. The quantitative estimate of drug-likeness (QED) is 0.151. The molecule has 0 unspecified atom stereocenters. The molecule has 0 saturated heterocycles. The zero-order valence-corrected chi connectivity index (χ0v) is 21.4. The van der Waals surface area contributed by atoms with Crippen LogP contribution in [0.4, 0.5) is 5.69 Å². The Morgan fingerprint density at radius 1 is 1.06 bits per heavy atom. The van der Waals surface area contributed by atoms with Crippen molar-refractivity contribution in [3.63, 3.8) is 0 Å². The molecular formula is C31H33N5. The number of nitrogens with zero attached hydrogens (tertiary/aromatic N) is 2. The van der Waals surface area contributed by atoms with Gasteiger partial charge in [0.2, 0.25) is 0 Å². The minimum atomic E-state index is 0.356. The van der Waals surface area contributed by atoms with Gasteiger partial charge >= 0.3 is 0 Å². The predicted molar refractivity (Wildman–Crippen MR) is 153 cm³/mol. The third kappa shape index (κ3) is 5.53. The molecule has 2 aromatic carbocycles. The highest BCUT2D eigenvalue weighted by Gasteiger charge is 2.15. The highest BCUT2D eigenvalue weighted by Crippen LogP contribution is 2.31. The van der Waals surface area contributed by atoms with Crippen LogP contribution in [0.5, 0.6) is 0 Å². The smallest absolute Gasteiger partial charge is 0.0868 e. The minimum Gasteiger partial charge on any atom is -0.398 e. The number of likely N-dealkylation sites (N-methyl/N-ethyl adjacent to an activating group) is 1. The van der Waals surface area contributed by atoms with E-state index in [9.17, 15) is 0 Å². The summed E-state index contributed by atoms with van der Waals surface area (Å²) in [6, 6.07) is 18.1. The maximum atomic E-state index is 9.05. The molecule has 0 saturated carbocycles. The van der Waals surface area contributed by atoms with Crippen molar-refractivity contribution >= 4 is 27.9 Å². The molecule has 0 aliphatic carbocycles. The standard InChI is InChI=1S/C31H33N5/c1-20(2)15-24(16-21(3)19-36(4)5)23-9-10-28(32)27(17-23)31(33)30-18-26-25(7-6-8-29(26)35-30)22-11-13-34-14-12-22/h6-18,33,35H,1,19,32H2,2-5H3/b21-16+,24-15+,33-31?. The number of allylic oxidation sites excluding steroid dienone is 4. The van der Waals surface area contributed by atoms with Crippen molar-refractivity contribution in [1.29, 1.82) is 5.41 Å². The molecule has 5 heteroatoms. The van der Waals surface area contributed by atoms with E-state index < -0.39 is 0 Å². The normalized spacial score (nSPS) is 12.4. The molecule has 0 amide bonds. The first-order chi connectivity index (χ1) is 17.2. The molecule has 5 nitrogen and oxygen atoms in total. The lowest BCUT2D eigenvalue weighted by atomic mass is 9.95. The molecule has 2 heterocycles. The zero-order valence-electron chi connectivity index (χ0n) is 21.4. The lowest BCUT2D eigenvalue weighted by Gasteiger charge is -2.13. The van der Waals surface area contributed by atoms with E-state index in [4.69, 9.17) is 11.1 Å². The van der Waals surface area contributed by atoms with Crippen LogP contribution in [0.1, 0.15) is 30.7 Å². The summed E-state index contributed by atoms with van der Waals surface area (Å²) >= 11 is 0. The van der Waals surface area contributed by atoms with Crippen molar-refractivity contribution in [2.45, 2.75) is 13.8 Å². The molecule has 0 radical (unpaired) electrons. The predicted octanol–water partition coefficient (Wildman–Crippen LogP) is 6.70. The van der Waals surface area contributed by atoms with Gasteiger partial charge in [-0.05, 0) is 86.6 Å². The summed E-state index contributed by atoms with van der Waals surface area (Å²) in [4.78, 5) is 9.70. The molecular weight excluding hydrogens is 442 g/mol. The van der Waals surface area contributed by atoms with Crippen LogP contribution < -0.4 is 5.73 Å². The Bertz CT molecular complexity index is 1490. The van der Waals surface area contributed by atoms with Crippen LogP contribution in [-0.4, -0.2) is 41.2 Å². The van der Waals surface area contributed by atoms with Crippen molar-refractivity contribution in [3.8, 4) is 11.1 Å². The fourth-order valence-corrected chi connectivity index (χ4v) is 4.45. The van der Waals surface area contributed by atoms with Gasteiger partial charge in [-0.2, -0.15) is 0 Å². The summed E-state index contributed by atoms with van der Waals surface area (Å²) in [5, 5.41) is 10.1. The van der Waals surface area contributed by atoms with Crippen LogP contribution in [0.3, 0.4) is 0 Å². The molecule has 0 bridgehead atoms. The number of rotatable bonds is 8. The van der Waals surface area contributed by atoms with Gasteiger partial charge < -0.3 is 15.6 Å². The molecule has 0 spiro atoms. The Labute approximate surface area is 213 Å². The second kappa shape index (κ2) is 10.6.